The zero-order valence-corrected chi connectivity index (χ0v) is 55.8. The molecule has 23 nitrogen and oxygen atoms in total. The Labute approximate surface area is 584 Å². The Balaban J connectivity index is 0.000000205. The van der Waals surface area contributed by atoms with Gasteiger partial charge in [0, 0.05) is 43.4 Å². The van der Waals surface area contributed by atoms with Crippen molar-refractivity contribution in [3.8, 4) is 23.0 Å². The number of Topliss-reactive ketones (excluding diaryl/α,β-unsaturated/α-hetero) is 1. The Hall–Kier alpha value is -12.5. The number of carboxylic acid groups (broad SMARTS) is 3. The van der Waals surface area contributed by atoms with E-state index in [0.29, 0.717) is 69.9 Å². The zero-order chi connectivity index (χ0) is 72.0. The summed E-state index contributed by atoms with van der Waals surface area (Å²) in [4.78, 5) is 101. The van der Waals surface area contributed by atoms with Gasteiger partial charge in [-0.05, 0) is 157 Å². The van der Waals surface area contributed by atoms with Crippen molar-refractivity contribution in [1.82, 2.24) is 19.8 Å². The van der Waals surface area contributed by atoms with E-state index in [2.05, 4.69) is 9.97 Å². The number of benzene rings is 8. The smallest absolute Gasteiger partial charge is 0.337 e. The SMILES string of the molecule is CCOC(=O)C(CCC(=O)O)=C(O)C(=O)N(Cc1ccc2ccccc2c1)[C@H](C)[C@H](C/C=C/c1nc2ccccc2o1)c1ccc2c(c1)OCO2.C[C@H]([C@H](C/C=C/c1nc2ccccc2o1)c1ccc2c(c1)OCO2)N(Cc1ccc2ccccc2c1)C(=O)C(O)=C(CC(=O)O)C(=O)CC(=O)O. The summed E-state index contributed by atoms with van der Waals surface area (Å²) in [7, 11) is 0. The number of aliphatic hydroxyl groups excluding tert-OH is 2. The summed E-state index contributed by atoms with van der Waals surface area (Å²) in [5.41, 5.74) is 4.62. The number of aromatic nitrogens is 2. The minimum Gasteiger partial charge on any atom is -0.503 e. The molecule has 0 saturated carbocycles. The van der Waals surface area contributed by atoms with Crippen LogP contribution in [0.25, 0.3) is 55.9 Å². The van der Waals surface area contributed by atoms with E-state index >= 15 is 0 Å². The third-order valence-corrected chi connectivity index (χ3v) is 17.6. The van der Waals surface area contributed by atoms with Gasteiger partial charge in [-0.15, -0.1) is 0 Å². The Kier molecular flexibility index (Phi) is 22.5. The Bertz CT molecular complexity index is 4880. The molecule has 8 aromatic carbocycles. The number of ether oxygens (including phenoxy) is 5. The maximum absolute atomic E-state index is 14.4. The molecule has 0 spiro atoms. The first kappa shape index (κ1) is 70.8. The zero-order valence-electron chi connectivity index (χ0n) is 55.8. The molecule has 2 aliphatic rings. The number of hydrogen-bond donors (Lipinski definition) is 5. The maximum atomic E-state index is 14.4. The number of fused-ring (bicyclic) bond motifs is 6. The quantitative estimate of drug-likeness (QED) is 0.0132. The van der Waals surface area contributed by atoms with E-state index in [0.717, 1.165) is 43.8 Å². The molecule has 522 valence electrons. The molecule has 23 heteroatoms. The van der Waals surface area contributed by atoms with Gasteiger partial charge in [-0.2, -0.15) is 0 Å². The number of nitrogens with zero attached hydrogens (tertiary/aromatic N) is 4. The van der Waals surface area contributed by atoms with Crippen LogP contribution >= 0.6 is 0 Å². The maximum Gasteiger partial charge on any atom is 0.337 e. The molecular weight excluding hydrogens is 1310 g/mol. The number of carbonyl (C=O) groups excluding carboxylic acids is 4. The van der Waals surface area contributed by atoms with Gasteiger partial charge in [0.2, 0.25) is 25.4 Å². The number of carbonyl (C=O) groups is 7. The molecule has 2 aliphatic heterocycles. The number of ketones is 1. The van der Waals surface area contributed by atoms with E-state index in [1.807, 2.05) is 183 Å². The van der Waals surface area contributed by atoms with Crippen molar-refractivity contribution in [2.45, 2.75) is 96.3 Å². The van der Waals surface area contributed by atoms with Crippen LogP contribution in [-0.2, 0) is 51.4 Å². The minimum atomic E-state index is -1.53. The van der Waals surface area contributed by atoms with Crippen LogP contribution in [-0.4, -0.2) is 119 Å². The number of hydrogen-bond acceptors (Lipinski definition) is 18. The van der Waals surface area contributed by atoms with Crippen LogP contribution in [0.15, 0.2) is 214 Å². The summed E-state index contributed by atoms with van der Waals surface area (Å²) < 4.78 is 39.3. The average molecular weight is 1380 g/mol. The van der Waals surface area contributed by atoms with Crippen molar-refractivity contribution >= 4 is 97.4 Å². The second-order valence-corrected chi connectivity index (χ2v) is 24.3. The van der Waals surface area contributed by atoms with Gasteiger partial charge < -0.3 is 67.9 Å². The molecule has 0 fully saturated rings. The number of carboxylic acids is 3. The Morgan fingerprint density at radius 1 is 0.480 bits per heavy atom. The van der Waals surface area contributed by atoms with Crippen LogP contribution in [0.5, 0.6) is 23.0 Å². The van der Waals surface area contributed by atoms with Gasteiger partial charge in [0.15, 0.2) is 51.5 Å². The largest absolute Gasteiger partial charge is 0.503 e. The van der Waals surface area contributed by atoms with Crippen molar-refractivity contribution in [2.75, 3.05) is 20.2 Å². The van der Waals surface area contributed by atoms with E-state index in [4.69, 9.17) is 32.5 Å². The normalized spacial score (nSPS) is 14.0. The standard InChI is InChI=1S/C40H38N2O9.C39H34N2O10/c1-3-48-40(47)31(18-20-37(43)44)38(45)39(46)42(23-26-15-16-27-9-4-5-10-28(27)21-26)25(2)30(29-17-19-34-35(22-29)50-24-49-34)11-8-14-36-41-32-12-6-7-13-33(32)51-36;1-23(28(27-15-16-33-34(18-27)50-22-49-33)9-6-12-35-40-30-10-4-5-11-32(30)51-35)41(21-24-13-14-25-7-2-3-8-26(25)17-24)39(48)38(47)29(19-36(43)44)31(42)20-37(45)46/h4-10,12-17,19,21-22,25,30,45H,3,11,18,20,23-24H2,1-2H3,(H,43,44);2-8,10-18,23,28,47H,9,19-22H2,1H3,(H,43,44)(H,45,46)/b14-8+,38-31?;12-6+,38-29?/t25-,30+;23-,28+/m11/s1. The molecule has 0 bridgehead atoms. The molecule has 10 aromatic rings. The number of para-hydroxylation sites is 4. The summed E-state index contributed by atoms with van der Waals surface area (Å²) in [6.07, 6.45) is 5.04. The number of allylic oxidation sites excluding steroid dienone is 2. The van der Waals surface area contributed by atoms with Gasteiger partial charge in [0.25, 0.3) is 11.8 Å². The van der Waals surface area contributed by atoms with Crippen LogP contribution in [0.1, 0.15) is 105 Å². The molecule has 2 amide bonds. The molecular formula is C79H72N4O19. The lowest BCUT2D eigenvalue weighted by Gasteiger charge is -2.35. The molecule has 0 radical (unpaired) electrons. The summed E-state index contributed by atoms with van der Waals surface area (Å²) in [5, 5.41) is 54.7. The first-order chi connectivity index (χ1) is 49.3. The molecule has 102 heavy (non-hydrogen) atoms. The van der Waals surface area contributed by atoms with E-state index in [1.54, 1.807) is 32.1 Å². The van der Waals surface area contributed by atoms with Crippen LogP contribution in [0, 0.1) is 0 Å². The van der Waals surface area contributed by atoms with E-state index in [-0.39, 0.29) is 45.6 Å². The number of esters is 1. The first-order valence-corrected chi connectivity index (χ1v) is 32.9. The van der Waals surface area contributed by atoms with Crippen molar-refractivity contribution in [3.05, 3.63) is 239 Å². The highest BCUT2D eigenvalue weighted by Gasteiger charge is 2.36. The molecule has 4 atom stereocenters. The van der Waals surface area contributed by atoms with Gasteiger partial charge in [0.1, 0.15) is 17.5 Å². The van der Waals surface area contributed by atoms with E-state index in [1.165, 1.54) is 9.80 Å². The summed E-state index contributed by atoms with van der Waals surface area (Å²) in [5.74, 6) is -7.97. The highest BCUT2D eigenvalue weighted by Crippen LogP contribution is 2.41. The van der Waals surface area contributed by atoms with Crippen LogP contribution in [0.3, 0.4) is 0 Å². The van der Waals surface area contributed by atoms with Gasteiger partial charge in [-0.1, -0.05) is 121 Å². The first-order valence-electron chi connectivity index (χ1n) is 32.9. The highest BCUT2D eigenvalue weighted by molar-refractivity contribution is 6.11. The average Bonchev–Trinajstić information content (AvgIpc) is 0.971. The molecule has 0 saturated heterocycles. The topological polar surface area (TPSA) is 325 Å². The van der Waals surface area contributed by atoms with Gasteiger partial charge in [0.05, 0.1) is 24.2 Å². The van der Waals surface area contributed by atoms with Crippen LogP contribution in [0.4, 0.5) is 0 Å². The molecule has 0 aliphatic carbocycles. The second-order valence-electron chi connectivity index (χ2n) is 24.3. The Morgan fingerprint density at radius 2 is 0.912 bits per heavy atom. The number of oxazole rings is 2. The lowest BCUT2D eigenvalue weighted by Crippen LogP contribution is -2.43. The van der Waals surface area contributed by atoms with Crippen LogP contribution in [0.2, 0.25) is 0 Å². The Morgan fingerprint density at radius 3 is 1.35 bits per heavy atom. The fourth-order valence-corrected chi connectivity index (χ4v) is 12.4. The lowest BCUT2D eigenvalue weighted by atomic mass is 9.87. The summed E-state index contributed by atoms with van der Waals surface area (Å²) in [6, 6.07) is 51.6. The molecule has 5 N–H and O–H groups in total. The minimum absolute atomic E-state index is 0.0211. The van der Waals surface area contributed by atoms with Crippen LogP contribution < -0.4 is 18.9 Å². The van der Waals surface area contributed by atoms with Crippen molar-refractivity contribution in [2.24, 2.45) is 0 Å². The second kappa shape index (κ2) is 32.4. The van der Waals surface area contributed by atoms with Crippen molar-refractivity contribution in [3.63, 3.8) is 0 Å². The van der Waals surface area contributed by atoms with Crippen molar-refractivity contribution in [1.29, 1.82) is 0 Å². The summed E-state index contributed by atoms with van der Waals surface area (Å²) >= 11 is 0. The highest BCUT2D eigenvalue weighted by atomic mass is 16.7. The number of aliphatic hydroxyl groups is 2. The number of rotatable bonds is 28. The third kappa shape index (κ3) is 17.1. The van der Waals surface area contributed by atoms with Gasteiger partial charge in [-0.3, -0.25) is 28.8 Å². The van der Waals surface area contributed by atoms with Gasteiger partial charge in [-0.25, -0.2) is 14.8 Å². The monoisotopic (exact) mass is 1380 g/mol. The summed E-state index contributed by atoms with van der Waals surface area (Å²) in [6.45, 7) is 5.39. The molecule has 0 unspecified atom stereocenters. The third-order valence-electron chi connectivity index (χ3n) is 17.6. The van der Waals surface area contributed by atoms with Gasteiger partial charge >= 0.3 is 23.9 Å². The van der Waals surface area contributed by atoms with E-state index < -0.39 is 101 Å². The molecule has 4 heterocycles. The fourth-order valence-electron chi connectivity index (χ4n) is 12.4. The predicted molar refractivity (Wildman–Crippen MR) is 376 cm³/mol. The number of aliphatic carboxylic acids is 3. The lowest BCUT2D eigenvalue weighted by molar-refractivity contribution is -0.142. The predicted octanol–water partition coefficient (Wildman–Crippen LogP) is 14.2. The number of amides is 2. The molecule has 2 aromatic heterocycles. The fraction of sp³-hybridized carbons (Fsp3) is 0.228. The molecule has 12 rings (SSSR count). The van der Waals surface area contributed by atoms with Crippen molar-refractivity contribution < 1.29 is 91.6 Å². The van der Waals surface area contributed by atoms with E-state index in [9.17, 15) is 59.1 Å².